The second-order valence-corrected chi connectivity index (χ2v) is 7.48. The number of hydrogen-bond donors (Lipinski definition) is 2. The average molecular weight is 305 g/mol. The van der Waals surface area contributed by atoms with Crippen LogP contribution in [0.3, 0.4) is 0 Å². The number of nitrogens with one attached hydrogen (secondary N) is 2. The first-order valence-corrected chi connectivity index (χ1v) is 9.33. The summed E-state index contributed by atoms with van der Waals surface area (Å²) in [5.74, 6) is 1.79. The predicted octanol–water partition coefficient (Wildman–Crippen LogP) is 3.23. The van der Waals surface area contributed by atoms with Crippen molar-refractivity contribution in [2.75, 3.05) is 6.54 Å². The summed E-state index contributed by atoms with van der Waals surface area (Å²) in [5, 5.41) is 7.90. The third-order valence-electron chi connectivity index (χ3n) is 6.07. The molecule has 0 radical (unpaired) electrons. The summed E-state index contributed by atoms with van der Waals surface area (Å²) in [6.07, 6.45) is 12.5. The molecule has 1 amide bonds. The maximum absolute atomic E-state index is 12.6. The zero-order chi connectivity index (χ0) is 15.4. The summed E-state index contributed by atoms with van der Waals surface area (Å²) in [6, 6.07) is 0.350. The van der Waals surface area contributed by atoms with Crippen LogP contribution in [0, 0.1) is 17.8 Å². The molecule has 1 heterocycles. The second kappa shape index (κ2) is 7.58. The summed E-state index contributed by atoms with van der Waals surface area (Å²) >= 11 is 0. The van der Waals surface area contributed by atoms with E-state index in [0.717, 1.165) is 31.0 Å². The largest absolute Gasteiger partial charge is 0.309 e. The van der Waals surface area contributed by atoms with Crippen molar-refractivity contribution in [2.24, 2.45) is 22.9 Å². The standard InChI is InChI=1S/C18H31N3O/c1-13(17-11-4-5-12-19-17)20-21-18(22)16-10-6-8-14-7-2-3-9-15(14)16/h14-17,19H,2-12H2,1H3,(H,21,22)/b20-13+. The van der Waals surface area contributed by atoms with Gasteiger partial charge in [0.2, 0.25) is 5.91 Å². The molecule has 4 atom stereocenters. The fraction of sp³-hybridized carbons (Fsp3) is 0.889. The summed E-state index contributed by atoms with van der Waals surface area (Å²) in [4.78, 5) is 12.6. The van der Waals surface area contributed by atoms with E-state index in [0.29, 0.717) is 12.0 Å². The Morgan fingerprint density at radius 2 is 1.77 bits per heavy atom. The van der Waals surface area contributed by atoms with Gasteiger partial charge in [0.1, 0.15) is 0 Å². The van der Waals surface area contributed by atoms with Gasteiger partial charge in [0.25, 0.3) is 0 Å². The first kappa shape index (κ1) is 16.0. The van der Waals surface area contributed by atoms with Crippen LogP contribution in [-0.4, -0.2) is 24.2 Å². The van der Waals surface area contributed by atoms with Crippen molar-refractivity contribution in [1.29, 1.82) is 0 Å². The number of rotatable bonds is 3. The first-order chi connectivity index (χ1) is 10.8. The number of hydrazone groups is 1. The molecule has 124 valence electrons. The Kier molecular flexibility index (Phi) is 5.51. The van der Waals surface area contributed by atoms with Crippen molar-refractivity contribution < 1.29 is 4.79 Å². The van der Waals surface area contributed by atoms with Crippen molar-refractivity contribution in [2.45, 2.75) is 77.2 Å². The van der Waals surface area contributed by atoms with Gasteiger partial charge in [-0.25, -0.2) is 5.43 Å². The topological polar surface area (TPSA) is 53.5 Å². The molecule has 3 fully saturated rings. The molecule has 4 unspecified atom stereocenters. The molecular weight excluding hydrogens is 274 g/mol. The first-order valence-electron chi connectivity index (χ1n) is 9.33. The maximum Gasteiger partial charge on any atom is 0.243 e. The number of carbonyl (C=O) groups excluding carboxylic acids is 1. The summed E-state index contributed by atoms with van der Waals surface area (Å²) in [5.41, 5.74) is 3.92. The van der Waals surface area contributed by atoms with Crippen molar-refractivity contribution >= 4 is 11.6 Å². The Balaban J connectivity index is 1.56. The van der Waals surface area contributed by atoms with Crippen molar-refractivity contribution in [3.05, 3.63) is 0 Å². The van der Waals surface area contributed by atoms with Crippen molar-refractivity contribution in [1.82, 2.24) is 10.7 Å². The molecule has 1 saturated heterocycles. The molecule has 2 N–H and O–H groups in total. The Morgan fingerprint density at radius 3 is 2.59 bits per heavy atom. The molecule has 4 heteroatoms. The van der Waals surface area contributed by atoms with Crippen molar-refractivity contribution in [3.63, 3.8) is 0 Å². The van der Waals surface area contributed by atoms with Crippen LogP contribution < -0.4 is 10.7 Å². The lowest BCUT2D eigenvalue weighted by atomic mass is 9.65. The Labute approximate surface area is 134 Å². The lowest BCUT2D eigenvalue weighted by Crippen LogP contribution is -2.42. The molecule has 0 aromatic rings. The Hall–Kier alpha value is -0.900. The summed E-state index contributed by atoms with van der Waals surface area (Å²) < 4.78 is 0. The minimum atomic E-state index is 0.173. The van der Waals surface area contributed by atoms with E-state index in [9.17, 15) is 4.79 Å². The van der Waals surface area contributed by atoms with Gasteiger partial charge in [0.05, 0.1) is 5.71 Å². The van der Waals surface area contributed by atoms with E-state index in [1.54, 1.807) is 0 Å². The normalized spacial score (nSPS) is 36.5. The zero-order valence-corrected chi connectivity index (χ0v) is 13.9. The Morgan fingerprint density at radius 1 is 1.00 bits per heavy atom. The van der Waals surface area contributed by atoms with Crippen LogP contribution in [0.15, 0.2) is 5.10 Å². The minimum absolute atomic E-state index is 0.173. The SMILES string of the molecule is C/C(=N\NC(=O)C1CCCC2CCCCC21)C1CCCCN1. The van der Waals surface area contributed by atoms with Crippen LogP contribution in [0.5, 0.6) is 0 Å². The molecule has 3 aliphatic rings. The predicted molar refractivity (Wildman–Crippen MR) is 89.7 cm³/mol. The number of amides is 1. The smallest absolute Gasteiger partial charge is 0.243 e. The molecule has 2 aliphatic carbocycles. The van der Waals surface area contributed by atoms with Crippen molar-refractivity contribution in [3.8, 4) is 0 Å². The molecule has 1 aliphatic heterocycles. The summed E-state index contributed by atoms with van der Waals surface area (Å²) in [6.45, 7) is 3.10. The van der Waals surface area contributed by atoms with E-state index < -0.39 is 0 Å². The van der Waals surface area contributed by atoms with E-state index in [-0.39, 0.29) is 11.8 Å². The molecule has 3 rings (SSSR count). The van der Waals surface area contributed by atoms with Gasteiger partial charge in [-0.3, -0.25) is 4.79 Å². The van der Waals surface area contributed by atoms with Crippen LogP contribution in [-0.2, 0) is 4.79 Å². The van der Waals surface area contributed by atoms with Gasteiger partial charge in [-0.05, 0) is 51.0 Å². The fourth-order valence-electron chi connectivity index (χ4n) is 4.78. The number of carbonyl (C=O) groups is 1. The monoisotopic (exact) mass is 305 g/mol. The van der Waals surface area contributed by atoms with Gasteiger partial charge in [-0.1, -0.05) is 38.5 Å². The Bertz CT molecular complexity index is 413. The fourth-order valence-corrected chi connectivity index (χ4v) is 4.78. The molecule has 4 nitrogen and oxygen atoms in total. The van der Waals surface area contributed by atoms with Gasteiger partial charge in [0, 0.05) is 12.0 Å². The van der Waals surface area contributed by atoms with E-state index in [4.69, 9.17) is 0 Å². The maximum atomic E-state index is 12.6. The third-order valence-corrected chi connectivity index (χ3v) is 6.07. The molecule has 0 bridgehead atoms. The summed E-state index contributed by atoms with van der Waals surface area (Å²) in [7, 11) is 0. The van der Waals surface area contributed by atoms with E-state index >= 15 is 0 Å². The molecule has 22 heavy (non-hydrogen) atoms. The average Bonchev–Trinajstić information content (AvgIpc) is 2.59. The second-order valence-electron chi connectivity index (χ2n) is 7.48. The number of nitrogens with zero attached hydrogens (tertiary/aromatic N) is 1. The lowest BCUT2D eigenvalue weighted by Gasteiger charge is -2.40. The van der Waals surface area contributed by atoms with Gasteiger partial charge in [-0.2, -0.15) is 5.10 Å². The highest BCUT2D eigenvalue weighted by molar-refractivity contribution is 5.89. The zero-order valence-electron chi connectivity index (χ0n) is 13.9. The van der Waals surface area contributed by atoms with E-state index in [1.165, 1.54) is 51.4 Å². The third kappa shape index (κ3) is 3.70. The van der Waals surface area contributed by atoms with Crippen LogP contribution in [0.2, 0.25) is 0 Å². The van der Waals surface area contributed by atoms with Gasteiger partial charge in [-0.15, -0.1) is 0 Å². The van der Waals surface area contributed by atoms with E-state index in [1.807, 2.05) is 6.92 Å². The minimum Gasteiger partial charge on any atom is -0.309 e. The highest BCUT2D eigenvalue weighted by Gasteiger charge is 2.38. The molecule has 0 aromatic heterocycles. The molecular formula is C18H31N3O. The van der Waals surface area contributed by atoms with Crippen LogP contribution >= 0.6 is 0 Å². The quantitative estimate of drug-likeness (QED) is 0.621. The van der Waals surface area contributed by atoms with Crippen LogP contribution in [0.4, 0.5) is 0 Å². The number of hydrogen-bond acceptors (Lipinski definition) is 3. The van der Waals surface area contributed by atoms with Crippen LogP contribution in [0.1, 0.15) is 71.1 Å². The lowest BCUT2D eigenvalue weighted by molar-refractivity contribution is -0.129. The molecule has 0 aromatic carbocycles. The van der Waals surface area contributed by atoms with E-state index in [2.05, 4.69) is 15.8 Å². The molecule has 2 saturated carbocycles. The van der Waals surface area contributed by atoms with Gasteiger partial charge in [0.15, 0.2) is 0 Å². The van der Waals surface area contributed by atoms with Gasteiger partial charge < -0.3 is 5.32 Å². The number of fused-ring (bicyclic) bond motifs is 1. The number of piperidine rings is 1. The highest BCUT2D eigenvalue weighted by Crippen LogP contribution is 2.43. The van der Waals surface area contributed by atoms with Gasteiger partial charge >= 0.3 is 0 Å². The van der Waals surface area contributed by atoms with Crippen LogP contribution in [0.25, 0.3) is 0 Å². The molecule has 0 spiro atoms. The highest BCUT2D eigenvalue weighted by atomic mass is 16.2.